The molecule has 13 heavy (non-hydrogen) atoms. The van der Waals surface area contributed by atoms with Crippen LogP contribution in [0.2, 0.25) is 0 Å². The van der Waals surface area contributed by atoms with Gasteiger partial charge in [-0.3, -0.25) is 18.6 Å². The van der Waals surface area contributed by atoms with E-state index in [9.17, 15) is 4.79 Å². The first-order valence-corrected chi connectivity index (χ1v) is 6.04. The molecule has 4 N–H and O–H groups in total. The van der Waals surface area contributed by atoms with Crippen LogP contribution >= 0.6 is 10.8 Å². The van der Waals surface area contributed by atoms with Crippen LogP contribution in [0.15, 0.2) is 0 Å². The van der Waals surface area contributed by atoms with E-state index in [0.717, 1.165) is 0 Å². The maximum absolute atomic E-state index is 11.0. The summed E-state index contributed by atoms with van der Waals surface area (Å²) >= 11 is 0. The average molecular weight is 210 g/mol. The van der Waals surface area contributed by atoms with E-state index in [-0.39, 0.29) is 12.3 Å². The molecule has 0 aromatic rings. The Morgan fingerprint density at radius 2 is 2.00 bits per heavy atom. The van der Waals surface area contributed by atoms with Gasteiger partial charge in [-0.15, -0.1) is 10.8 Å². The minimum Gasteiger partial charge on any atom is -0.314 e. The molecule has 0 radical (unpaired) electrons. The van der Waals surface area contributed by atoms with Crippen LogP contribution in [0.1, 0.15) is 20.3 Å². The summed E-state index contributed by atoms with van der Waals surface area (Å²) in [4.78, 5) is 11.0. The molecular weight excluding hydrogens is 192 g/mol. The number of hydrogen-bond donors (Lipinski definition) is 4. The summed E-state index contributed by atoms with van der Waals surface area (Å²) in [7, 11) is -2.90. The van der Waals surface area contributed by atoms with Crippen LogP contribution in [-0.4, -0.2) is 33.9 Å². The number of nitrogens with one attached hydrogen (secondary N) is 2. The van der Waals surface area contributed by atoms with Crippen molar-refractivity contribution in [1.82, 2.24) is 10.0 Å². The Morgan fingerprint density at radius 3 is 2.38 bits per heavy atom. The highest BCUT2D eigenvalue weighted by Crippen LogP contribution is 2.26. The highest BCUT2D eigenvalue weighted by Gasteiger charge is 2.08. The molecule has 0 rings (SSSR count). The lowest BCUT2D eigenvalue weighted by molar-refractivity contribution is -0.119. The van der Waals surface area contributed by atoms with Crippen molar-refractivity contribution in [2.45, 2.75) is 26.3 Å². The van der Waals surface area contributed by atoms with Crippen molar-refractivity contribution < 1.29 is 13.9 Å². The molecule has 0 fully saturated rings. The second kappa shape index (κ2) is 5.43. The molecule has 0 aliphatic heterocycles. The van der Waals surface area contributed by atoms with Crippen LogP contribution in [0.25, 0.3) is 0 Å². The summed E-state index contributed by atoms with van der Waals surface area (Å²) in [6, 6.07) is 0.329. The Kier molecular flexibility index (Phi) is 5.31. The van der Waals surface area contributed by atoms with Gasteiger partial charge in [-0.1, -0.05) is 13.8 Å². The van der Waals surface area contributed by atoms with Crippen LogP contribution < -0.4 is 10.0 Å². The van der Waals surface area contributed by atoms with E-state index in [2.05, 4.69) is 10.0 Å². The first-order chi connectivity index (χ1) is 5.81. The summed E-state index contributed by atoms with van der Waals surface area (Å²) in [5, 5.41) is 3.05. The standard InChI is InChI=1S/C7H18N2O3S/c1-6(2)8-5-4-7(10)9-13(3,11)12/h6,8,11-12H,4-5H2,1-3H3,(H,9,10). The minimum atomic E-state index is -2.90. The second-order valence-electron chi connectivity index (χ2n) is 3.22. The lowest BCUT2D eigenvalue weighted by atomic mass is 10.3. The fraction of sp³-hybridized carbons (Fsp3) is 0.857. The second-order valence-corrected chi connectivity index (χ2v) is 5.09. The number of carbonyl (C=O) groups excluding carboxylic acids is 1. The van der Waals surface area contributed by atoms with E-state index in [1.54, 1.807) is 0 Å². The first kappa shape index (κ1) is 12.7. The van der Waals surface area contributed by atoms with E-state index >= 15 is 0 Å². The maximum atomic E-state index is 11.0. The van der Waals surface area contributed by atoms with Gasteiger partial charge in [-0.2, -0.15) is 0 Å². The van der Waals surface area contributed by atoms with Gasteiger partial charge in [-0.25, -0.2) is 0 Å². The summed E-state index contributed by atoms with van der Waals surface area (Å²) in [5.74, 6) is -0.351. The normalized spacial score (nSPS) is 13.1. The van der Waals surface area contributed by atoms with E-state index in [1.807, 2.05) is 13.8 Å². The van der Waals surface area contributed by atoms with E-state index in [4.69, 9.17) is 9.11 Å². The zero-order valence-electron chi connectivity index (χ0n) is 8.20. The Balaban J connectivity index is 3.53. The number of rotatable bonds is 5. The molecule has 0 heterocycles. The molecule has 6 heteroatoms. The Morgan fingerprint density at radius 1 is 1.46 bits per heavy atom. The highest BCUT2D eigenvalue weighted by atomic mass is 32.3. The molecular formula is C7H18N2O3S. The van der Waals surface area contributed by atoms with Crippen molar-refractivity contribution in [3.8, 4) is 0 Å². The van der Waals surface area contributed by atoms with Gasteiger partial charge >= 0.3 is 0 Å². The lowest BCUT2D eigenvalue weighted by Crippen LogP contribution is -2.31. The summed E-state index contributed by atoms with van der Waals surface area (Å²) in [6.45, 7) is 4.50. The Bertz CT molecular complexity index is 168. The van der Waals surface area contributed by atoms with Crippen LogP contribution in [-0.2, 0) is 4.79 Å². The van der Waals surface area contributed by atoms with Crippen molar-refractivity contribution in [2.75, 3.05) is 12.8 Å². The van der Waals surface area contributed by atoms with Gasteiger partial charge in [0.05, 0.1) is 0 Å². The van der Waals surface area contributed by atoms with Gasteiger partial charge in [0.1, 0.15) is 0 Å². The van der Waals surface area contributed by atoms with Crippen LogP contribution in [0.4, 0.5) is 0 Å². The summed E-state index contributed by atoms with van der Waals surface area (Å²) in [5.41, 5.74) is 0. The molecule has 0 saturated carbocycles. The molecule has 0 aliphatic carbocycles. The molecule has 0 saturated heterocycles. The highest BCUT2D eigenvalue weighted by molar-refractivity contribution is 8.22. The maximum Gasteiger partial charge on any atom is 0.239 e. The molecule has 0 bridgehead atoms. The molecule has 80 valence electrons. The zero-order valence-corrected chi connectivity index (χ0v) is 9.02. The van der Waals surface area contributed by atoms with Crippen molar-refractivity contribution in [2.24, 2.45) is 0 Å². The summed E-state index contributed by atoms with van der Waals surface area (Å²) < 4.78 is 19.9. The van der Waals surface area contributed by atoms with E-state index < -0.39 is 10.8 Å². The van der Waals surface area contributed by atoms with Crippen molar-refractivity contribution in [3.63, 3.8) is 0 Å². The van der Waals surface area contributed by atoms with Crippen LogP contribution in [0.5, 0.6) is 0 Å². The Hall–Kier alpha value is -0.300. The lowest BCUT2D eigenvalue weighted by Gasteiger charge is -2.27. The van der Waals surface area contributed by atoms with Gasteiger partial charge in [0.25, 0.3) is 0 Å². The SMILES string of the molecule is CC(C)NCCC(=O)NS(C)(O)O. The van der Waals surface area contributed by atoms with Gasteiger partial charge < -0.3 is 5.32 Å². The quantitative estimate of drug-likeness (QED) is 0.540. The third-order valence-corrected chi connectivity index (χ3v) is 1.83. The number of carbonyl (C=O) groups is 1. The molecule has 0 spiro atoms. The third-order valence-electron chi connectivity index (χ3n) is 1.21. The smallest absolute Gasteiger partial charge is 0.239 e. The monoisotopic (exact) mass is 210 g/mol. The van der Waals surface area contributed by atoms with E-state index in [1.165, 1.54) is 6.26 Å². The average Bonchev–Trinajstić information content (AvgIpc) is 1.81. The predicted octanol–water partition coefficient (Wildman–Crippen LogP) is 0.786. The third kappa shape index (κ3) is 9.62. The first-order valence-electron chi connectivity index (χ1n) is 4.08. The van der Waals surface area contributed by atoms with Gasteiger partial charge in [0, 0.05) is 25.3 Å². The van der Waals surface area contributed by atoms with E-state index in [0.29, 0.717) is 12.6 Å². The van der Waals surface area contributed by atoms with Gasteiger partial charge in [0.2, 0.25) is 5.91 Å². The fourth-order valence-corrected chi connectivity index (χ4v) is 1.27. The van der Waals surface area contributed by atoms with Crippen LogP contribution in [0.3, 0.4) is 0 Å². The fourth-order valence-electron chi connectivity index (χ4n) is 0.741. The van der Waals surface area contributed by atoms with Crippen molar-refractivity contribution in [1.29, 1.82) is 0 Å². The molecule has 0 aromatic carbocycles. The molecule has 0 aromatic heterocycles. The molecule has 0 unspecified atom stereocenters. The number of amides is 1. The number of hydrogen-bond acceptors (Lipinski definition) is 4. The predicted molar refractivity (Wildman–Crippen MR) is 54.7 cm³/mol. The molecule has 1 amide bonds. The van der Waals surface area contributed by atoms with Crippen molar-refractivity contribution in [3.05, 3.63) is 0 Å². The largest absolute Gasteiger partial charge is 0.314 e. The topological polar surface area (TPSA) is 81.6 Å². The zero-order chi connectivity index (χ0) is 10.5. The van der Waals surface area contributed by atoms with Gasteiger partial charge in [0.15, 0.2) is 0 Å². The molecule has 0 aliphatic rings. The van der Waals surface area contributed by atoms with Crippen LogP contribution in [0, 0.1) is 0 Å². The minimum absolute atomic E-state index is 0.252. The van der Waals surface area contributed by atoms with Gasteiger partial charge in [-0.05, 0) is 0 Å². The Labute approximate surface area is 80.4 Å². The van der Waals surface area contributed by atoms with Crippen molar-refractivity contribution >= 4 is 16.7 Å². The molecule has 0 atom stereocenters. The molecule has 5 nitrogen and oxygen atoms in total. The summed E-state index contributed by atoms with van der Waals surface area (Å²) in [6.07, 6.45) is 1.43.